The lowest BCUT2D eigenvalue weighted by atomic mass is 9.79. The third-order valence-corrected chi connectivity index (χ3v) is 5.16. The molecule has 1 aromatic carbocycles. The van der Waals surface area contributed by atoms with Crippen molar-refractivity contribution < 1.29 is 14.9 Å². The quantitative estimate of drug-likeness (QED) is 0.901. The van der Waals surface area contributed by atoms with Crippen LogP contribution in [0.5, 0.6) is 11.5 Å². The van der Waals surface area contributed by atoms with Crippen molar-refractivity contribution in [2.75, 3.05) is 20.2 Å². The zero-order valence-corrected chi connectivity index (χ0v) is 13.7. The predicted molar refractivity (Wildman–Crippen MR) is 86.2 cm³/mol. The number of methoxy groups -OCH3 is 1. The summed E-state index contributed by atoms with van der Waals surface area (Å²) in [7, 11) is 1.58. The van der Waals surface area contributed by atoms with Gasteiger partial charge in [0.2, 0.25) is 0 Å². The molecule has 0 aliphatic carbocycles. The van der Waals surface area contributed by atoms with Crippen molar-refractivity contribution in [3.63, 3.8) is 0 Å². The van der Waals surface area contributed by atoms with E-state index in [-0.39, 0.29) is 17.9 Å². The van der Waals surface area contributed by atoms with Crippen LogP contribution in [0.4, 0.5) is 0 Å². The van der Waals surface area contributed by atoms with Crippen molar-refractivity contribution in [3.8, 4) is 11.5 Å². The first kappa shape index (κ1) is 15.6. The highest BCUT2D eigenvalue weighted by Crippen LogP contribution is 2.43. The second-order valence-electron chi connectivity index (χ2n) is 7.18. The van der Waals surface area contributed by atoms with Crippen LogP contribution in [-0.2, 0) is 6.42 Å². The van der Waals surface area contributed by atoms with E-state index in [0.717, 1.165) is 37.9 Å². The van der Waals surface area contributed by atoms with Gasteiger partial charge in [-0.2, -0.15) is 0 Å². The Kier molecular flexibility index (Phi) is 4.33. The minimum atomic E-state index is -0.251. The fourth-order valence-electron chi connectivity index (χ4n) is 4.11. The molecule has 0 aromatic heterocycles. The Bertz CT molecular complexity index is 543. The summed E-state index contributed by atoms with van der Waals surface area (Å²) in [6.45, 7) is 6.41. The van der Waals surface area contributed by atoms with Gasteiger partial charge in [-0.25, -0.2) is 0 Å². The van der Waals surface area contributed by atoms with E-state index in [1.165, 1.54) is 5.56 Å². The number of rotatable bonds is 3. The summed E-state index contributed by atoms with van der Waals surface area (Å²) in [5.41, 5.74) is 2.40. The van der Waals surface area contributed by atoms with Crippen LogP contribution in [0.3, 0.4) is 0 Å². The van der Waals surface area contributed by atoms with Gasteiger partial charge < -0.3 is 14.9 Å². The molecular formula is C18H27NO3. The third kappa shape index (κ3) is 2.82. The number of hydrogen-bond acceptors (Lipinski definition) is 4. The summed E-state index contributed by atoms with van der Waals surface area (Å²) in [5, 5.41) is 20.6. The van der Waals surface area contributed by atoms with E-state index in [1.54, 1.807) is 7.11 Å². The van der Waals surface area contributed by atoms with Gasteiger partial charge in [0.05, 0.1) is 13.2 Å². The highest BCUT2D eigenvalue weighted by molar-refractivity contribution is 5.48. The van der Waals surface area contributed by atoms with Crippen LogP contribution < -0.4 is 4.74 Å². The molecule has 0 saturated carbocycles. The van der Waals surface area contributed by atoms with Gasteiger partial charge in [0.25, 0.3) is 0 Å². The number of phenolic OH excluding ortho intramolecular Hbond substituents is 1. The first-order valence-corrected chi connectivity index (χ1v) is 8.31. The average molecular weight is 305 g/mol. The Morgan fingerprint density at radius 2 is 2.14 bits per heavy atom. The Labute approximate surface area is 132 Å². The fourth-order valence-corrected chi connectivity index (χ4v) is 4.11. The van der Waals surface area contributed by atoms with Crippen molar-refractivity contribution in [2.45, 2.75) is 45.3 Å². The van der Waals surface area contributed by atoms with Gasteiger partial charge in [-0.3, -0.25) is 4.90 Å². The Morgan fingerprint density at radius 3 is 2.82 bits per heavy atom. The van der Waals surface area contributed by atoms with E-state index in [2.05, 4.69) is 18.7 Å². The maximum atomic E-state index is 10.5. The first-order valence-electron chi connectivity index (χ1n) is 8.31. The summed E-state index contributed by atoms with van der Waals surface area (Å²) < 4.78 is 5.22. The molecule has 2 aliphatic rings. The van der Waals surface area contributed by atoms with Gasteiger partial charge >= 0.3 is 0 Å². The summed E-state index contributed by atoms with van der Waals surface area (Å²) >= 11 is 0. The fraction of sp³-hybridized carbons (Fsp3) is 0.667. The van der Waals surface area contributed by atoms with Crippen LogP contribution in [0.1, 0.15) is 43.9 Å². The number of nitrogens with zero attached hydrogens (tertiary/aromatic N) is 1. The van der Waals surface area contributed by atoms with E-state index in [9.17, 15) is 10.2 Å². The van der Waals surface area contributed by atoms with Gasteiger partial charge in [0.15, 0.2) is 11.5 Å². The smallest absolute Gasteiger partial charge is 0.160 e. The van der Waals surface area contributed by atoms with Crippen LogP contribution in [-0.4, -0.2) is 41.4 Å². The van der Waals surface area contributed by atoms with Crippen molar-refractivity contribution in [2.24, 2.45) is 11.8 Å². The molecule has 0 amide bonds. The summed E-state index contributed by atoms with van der Waals surface area (Å²) in [4.78, 5) is 2.48. The number of aliphatic hydroxyl groups excluding tert-OH is 1. The Morgan fingerprint density at radius 1 is 1.36 bits per heavy atom. The summed E-state index contributed by atoms with van der Waals surface area (Å²) in [5.74, 6) is 1.72. The third-order valence-electron chi connectivity index (χ3n) is 5.16. The maximum Gasteiger partial charge on any atom is 0.160 e. The molecule has 3 rings (SSSR count). The minimum absolute atomic E-state index is 0.196. The number of piperidine rings is 1. The second kappa shape index (κ2) is 6.09. The maximum absolute atomic E-state index is 10.5. The second-order valence-corrected chi connectivity index (χ2v) is 7.18. The van der Waals surface area contributed by atoms with Crippen LogP contribution in [0.2, 0.25) is 0 Å². The Hall–Kier alpha value is -1.26. The predicted octanol–water partition coefficient (Wildman–Crippen LogP) is 2.73. The lowest BCUT2D eigenvalue weighted by Crippen LogP contribution is -2.48. The Balaban J connectivity index is 1.85. The van der Waals surface area contributed by atoms with E-state index in [4.69, 9.17) is 4.74 Å². The van der Waals surface area contributed by atoms with E-state index in [0.29, 0.717) is 17.6 Å². The van der Waals surface area contributed by atoms with E-state index >= 15 is 0 Å². The zero-order chi connectivity index (χ0) is 15.9. The van der Waals surface area contributed by atoms with Gasteiger partial charge in [-0.05, 0) is 54.4 Å². The molecule has 2 heterocycles. The monoisotopic (exact) mass is 305 g/mol. The molecule has 4 nitrogen and oxygen atoms in total. The van der Waals surface area contributed by atoms with Gasteiger partial charge in [-0.15, -0.1) is 0 Å². The van der Waals surface area contributed by atoms with Crippen molar-refractivity contribution >= 4 is 0 Å². The number of hydrogen-bond donors (Lipinski definition) is 2. The van der Waals surface area contributed by atoms with Gasteiger partial charge in [0.1, 0.15) is 0 Å². The molecule has 1 aromatic rings. The van der Waals surface area contributed by atoms with E-state index in [1.807, 2.05) is 12.1 Å². The molecule has 2 aliphatic heterocycles. The summed E-state index contributed by atoms with van der Waals surface area (Å²) in [6, 6.07) is 4.01. The molecule has 22 heavy (non-hydrogen) atoms. The topological polar surface area (TPSA) is 52.9 Å². The van der Waals surface area contributed by atoms with Crippen molar-refractivity contribution in [1.29, 1.82) is 0 Å². The van der Waals surface area contributed by atoms with Crippen LogP contribution in [0.15, 0.2) is 12.1 Å². The first-order chi connectivity index (χ1) is 10.5. The standard InChI is InChI=1S/C18H27NO3/c1-11(2)6-13-10-19-5-4-12-7-18(22-3)17(21)8-14(12)15(19)9-16(13)20/h7-8,11,13,15-16,20-21H,4-6,9-10H2,1-3H3/t13-,15+,16-/m1/s1. The molecule has 1 saturated heterocycles. The van der Waals surface area contributed by atoms with Crippen molar-refractivity contribution in [1.82, 2.24) is 4.90 Å². The number of fused-ring (bicyclic) bond motifs is 3. The normalized spacial score (nSPS) is 28.3. The molecular weight excluding hydrogens is 278 g/mol. The number of aliphatic hydroxyl groups is 1. The van der Waals surface area contributed by atoms with Crippen LogP contribution in [0.25, 0.3) is 0 Å². The number of phenols is 1. The van der Waals surface area contributed by atoms with Crippen LogP contribution >= 0.6 is 0 Å². The molecule has 1 fully saturated rings. The molecule has 0 unspecified atom stereocenters. The van der Waals surface area contributed by atoms with Crippen LogP contribution in [0, 0.1) is 11.8 Å². The summed E-state index contributed by atoms with van der Waals surface area (Å²) in [6.07, 6.45) is 2.56. The lowest BCUT2D eigenvalue weighted by molar-refractivity contribution is -0.0191. The molecule has 122 valence electrons. The van der Waals surface area contributed by atoms with E-state index < -0.39 is 0 Å². The largest absolute Gasteiger partial charge is 0.504 e. The molecule has 0 spiro atoms. The molecule has 2 N–H and O–H groups in total. The van der Waals surface area contributed by atoms with Gasteiger partial charge in [-0.1, -0.05) is 13.8 Å². The minimum Gasteiger partial charge on any atom is -0.504 e. The highest BCUT2D eigenvalue weighted by Gasteiger charge is 2.38. The lowest BCUT2D eigenvalue weighted by Gasteiger charge is -2.46. The zero-order valence-electron chi connectivity index (χ0n) is 13.7. The highest BCUT2D eigenvalue weighted by atomic mass is 16.5. The van der Waals surface area contributed by atoms with Crippen molar-refractivity contribution in [3.05, 3.63) is 23.3 Å². The molecule has 0 bridgehead atoms. The molecule has 4 heteroatoms. The molecule has 0 radical (unpaired) electrons. The number of benzene rings is 1. The SMILES string of the molecule is COc1cc2c(cc1O)[C@@H]1C[C@@H](O)[C@H](CC(C)C)CN1CC2. The van der Waals surface area contributed by atoms with Gasteiger partial charge in [0, 0.05) is 19.1 Å². The number of ether oxygens (including phenoxy) is 1. The molecule has 3 atom stereocenters. The average Bonchev–Trinajstić information content (AvgIpc) is 2.47. The number of aromatic hydroxyl groups is 1.